The zero-order valence-corrected chi connectivity index (χ0v) is 17.8. The van der Waals surface area contributed by atoms with Crippen LogP contribution in [0.5, 0.6) is 0 Å². The number of carbonyl (C=O) groups excluding carboxylic acids is 3. The van der Waals surface area contributed by atoms with Crippen molar-refractivity contribution in [2.75, 3.05) is 23.4 Å². The molecule has 2 aliphatic rings. The van der Waals surface area contributed by atoms with Gasteiger partial charge in [0, 0.05) is 17.9 Å². The van der Waals surface area contributed by atoms with Gasteiger partial charge < -0.3 is 15.0 Å². The molecule has 2 unspecified atom stereocenters. The van der Waals surface area contributed by atoms with Crippen molar-refractivity contribution in [1.82, 2.24) is 0 Å². The number of hydrogen-bond acceptors (Lipinski definition) is 4. The number of aryl methyl sites for hydroxylation is 1. The van der Waals surface area contributed by atoms with E-state index in [4.69, 9.17) is 4.74 Å². The highest BCUT2D eigenvalue weighted by Gasteiger charge is 2.40. The number of nitrogens with zero attached hydrogens (tertiary/aromatic N) is 1. The van der Waals surface area contributed by atoms with E-state index in [-0.39, 0.29) is 18.4 Å². The third kappa shape index (κ3) is 4.79. The van der Waals surface area contributed by atoms with Gasteiger partial charge in [0.1, 0.15) is 0 Å². The second kappa shape index (κ2) is 9.33. The Hall–Kier alpha value is -3.15. The minimum Gasteiger partial charge on any atom is -0.455 e. The van der Waals surface area contributed by atoms with Crippen LogP contribution in [0.1, 0.15) is 36.8 Å². The fourth-order valence-corrected chi connectivity index (χ4v) is 4.55. The first-order valence-corrected chi connectivity index (χ1v) is 11.0. The molecule has 1 aliphatic heterocycles. The van der Waals surface area contributed by atoms with E-state index in [1.54, 1.807) is 12.1 Å². The average Bonchev–Trinajstić information content (AvgIpc) is 3.23. The Morgan fingerprint density at radius 1 is 1.00 bits per heavy atom. The van der Waals surface area contributed by atoms with Crippen LogP contribution >= 0.6 is 0 Å². The fourth-order valence-electron chi connectivity index (χ4n) is 4.55. The molecule has 6 nitrogen and oxygen atoms in total. The van der Waals surface area contributed by atoms with E-state index in [2.05, 4.69) is 5.32 Å². The summed E-state index contributed by atoms with van der Waals surface area (Å²) in [6, 6.07) is 15.3. The van der Waals surface area contributed by atoms with Crippen molar-refractivity contribution in [3.8, 4) is 0 Å². The molecule has 162 valence electrons. The topological polar surface area (TPSA) is 75.7 Å². The van der Waals surface area contributed by atoms with Crippen LogP contribution in [0.2, 0.25) is 0 Å². The van der Waals surface area contributed by atoms with Crippen molar-refractivity contribution >= 4 is 29.2 Å². The summed E-state index contributed by atoms with van der Waals surface area (Å²) in [6.07, 6.45) is 3.93. The highest BCUT2D eigenvalue weighted by Crippen LogP contribution is 2.36. The van der Waals surface area contributed by atoms with Gasteiger partial charge in [0.2, 0.25) is 5.91 Å². The van der Waals surface area contributed by atoms with Crippen molar-refractivity contribution in [1.29, 1.82) is 0 Å². The molecule has 0 radical (unpaired) electrons. The van der Waals surface area contributed by atoms with Gasteiger partial charge in [0.15, 0.2) is 6.61 Å². The van der Waals surface area contributed by atoms with Crippen LogP contribution in [0.3, 0.4) is 0 Å². The third-order valence-electron chi connectivity index (χ3n) is 6.22. The second-order valence-electron chi connectivity index (χ2n) is 8.39. The van der Waals surface area contributed by atoms with Gasteiger partial charge in [-0.15, -0.1) is 0 Å². The summed E-state index contributed by atoms with van der Waals surface area (Å²) in [4.78, 5) is 40.1. The number of carbonyl (C=O) groups is 3. The maximum atomic E-state index is 13.3. The standard InChI is InChI=1S/C25H28N2O4/c1-17-10-12-19(13-11-17)26-23(28)16-31-25(30)21-8-4-3-7-20(21)24(29)27-15-14-18-6-2-5-9-22(18)27/h2,5-6,9-13,20-21H,3-4,7-8,14-16H2,1H3,(H,26,28). The Labute approximate surface area is 182 Å². The zero-order valence-electron chi connectivity index (χ0n) is 17.8. The molecule has 1 saturated carbocycles. The maximum absolute atomic E-state index is 13.3. The molecule has 2 atom stereocenters. The van der Waals surface area contributed by atoms with E-state index < -0.39 is 17.8 Å². The van der Waals surface area contributed by atoms with Crippen LogP contribution in [-0.2, 0) is 25.5 Å². The predicted molar refractivity (Wildman–Crippen MR) is 119 cm³/mol. The van der Waals surface area contributed by atoms with Crippen molar-refractivity contribution < 1.29 is 19.1 Å². The SMILES string of the molecule is Cc1ccc(NC(=O)COC(=O)C2CCCCC2C(=O)N2CCc3ccccc32)cc1. The molecule has 0 spiro atoms. The molecule has 1 fully saturated rings. The van der Waals surface area contributed by atoms with Crippen molar-refractivity contribution in [3.05, 3.63) is 59.7 Å². The Bertz CT molecular complexity index is 970. The van der Waals surface area contributed by atoms with Gasteiger partial charge in [-0.3, -0.25) is 14.4 Å². The second-order valence-corrected chi connectivity index (χ2v) is 8.39. The summed E-state index contributed by atoms with van der Waals surface area (Å²) in [5.74, 6) is -1.74. The number of anilines is 2. The van der Waals surface area contributed by atoms with Crippen molar-refractivity contribution in [2.45, 2.75) is 39.0 Å². The highest BCUT2D eigenvalue weighted by atomic mass is 16.5. The Morgan fingerprint density at radius 2 is 1.71 bits per heavy atom. The van der Waals surface area contributed by atoms with Crippen LogP contribution in [0.15, 0.2) is 48.5 Å². The molecule has 6 heteroatoms. The number of fused-ring (bicyclic) bond motifs is 1. The maximum Gasteiger partial charge on any atom is 0.310 e. The van der Waals surface area contributed by atoms with Gasteiger partial charge in [0.25, 0.3) is 5.91 Å². The van der Waals surface area contributed by atoms with E-state index in [9.17, 15) is 14.4 Å². The number of rotatable bonds is 5. The van der Waals surface area contributed by atoms with Gasteiger partial charge in [0.05, 0.1) is 11.8 Å². The molecule has 1 heterocycles. The molecule has 1 N–H and O–H groups in total. The van der Waals surface area contributed by atoms with E-state index in [1.807, 2.05) is 48.2 Å². The van der Waals surface area contributed by atoms with Crippen LogP contribution < -0.4 is 10.2 Å². The van der Waals surface area contributed by atoms with Crippen LogP contribution in [-0.4, -0.2) is 30.9 Å². The van der Waals surface area contributed by atoms with E-state index in [0.29, 0.717) is 25.1 Å². The quantitative estimate of drug-likeness (QED) is 0.745. The molecule has 2 amide bonds. The van der Waals surface area contributed by atoms with Gasteiger partial charge in [-0.2, -0.15) is 0 Å². The molecule has 2 aromatic carbocycles. The largest absolute Gasteiger partial charge is 0.455 e. The Kier molecular flexibility index (Phi) is 6.35. The first-order valence-electron chi connectivity index (χ1n) is 11.0. The average molecular weight is 421 g/mol. The smallest absolute Gasteiger partial charge is 0.310 e. The summed E-state index contributed by atoms with van der Waals surface area (Å²) >= 11 is 0. The third-order valence-corrected chi connectivity index (χ3v) is 6.22. The summed E-state index contributed by atoms with van der Waals surface area (Å²) in [7, 11) is 0. The normalized spacial score (nSPS) is 20.1. The molecular formula is C25H28N2O4. The van der Waals surface area contributed by atoms with Gasteiger partial charge in [-0.25, -0.2) is 0 Å². The molecule has 31 heavy (non-hydrogen) atoms. The highest BCUT2D eigenvalue weighted by molar-refractivity contribution is 5.99. The summed E-state index contributed by atoms with van der Waals surface area (Å²) < 4.78 is 5.33. The lowest BCUT2D eigenvalue weighted by Crippen LogP contribution is -2.42. The predicted octanol–water partition coefficient (Wildman–Crippen LogP) is 3.87. The van der Waals surface area contributed by atoms with Crippen LogP contribution in [0.4, 0.5) is 11.4 Å². The molecule has 2 aromatic rings. The Balaban J connectivity index is 1.37. The number of nitrogens with one attached hydrogen (secondary N) is 1. The Morgan fingerprint density at radius 3 is 2.48 bits per heavy atom. The summed E-state index contributed by atoms with van der Waals surface area (Å²) in [6.45, 7) is 2.27. The van der Waals surface area contributed by atoms with E-state index >= 15 is 0 Å². The minimum absolute atomic E-state index is 0.00398. The number of amides is 2. The lowest BCUT2D eigenvalue weighted by Gasteiger charge is -2.32. The lowest BCUT2D eigenvalue weighted by molar-refractivity contribution is -0.156. The van der Waals surface area contributed by atoms with E-state index in [0.717, 1.165) is 30.5 Å². The fraction of sp³-hybridized carbons (Fsp3) is 0.400. The lowest BCUT2D eigenvalue weighted by atomic mass is 9.78. The molecule has 4 rings (SSSR count). The number of benzene rings is 2. The van der Waals surface area contributed by atoms with Gasteiger partial charge in [-0.1, -0.05) is 48.7 Å². The minimum atomic E-state index is -0.499. The van der Waals surface area contributed by atoms with E-state index in [1.165, 1.54) is 5.56 Å². The summed E-state index contributed by atoms with van der Waals surface area (Å²) in [5, 5.41) is 2.73. The zero-order chi connectivity index (χ0) is 21.8. The van der Waals surface area contributed by atoms with Crippen LogP contribution in [0, 0.1) is 18.8 Å². The molecule has 0 saturated heterocycles. The van der Waals surface area contributed by atoms with Crippen molar-refractivity contribution in [2.24, 2.45) is 11.8 Å². The summed E-state index contributed by atoms with van der Waals surface area (Å²) in [5.41, 5.74) is 3.87. The molecule has 0 aromatic heterocycles. The van der Waals surface area contributed by atoms with Crippen LogP contribution in [0.25, 0.3) is 0 Å². The van der Waals surface area contributed by atoms with Gasteiger partial charge in [-0.05, 0) is 49.9 Å². The van der Waals surface area contributed by atoms with Gasteiger partial charge >= 0.3 is 5.97 Å². The first-order chi connectivity index (χ1) is 15.0. The van der Waals surface area contributed by atoms with Crippen molar-refractivity contribution in [3.63, 3.8) is 0 Å². The first kappa shape index (κ1) is 21.1. The number of para-hydroxylation sites is 1. The molecule has 0 bridgehead atoms. The number of esters is 1. The molecule has 1 aliphatic carbocycles. The molecular weight excluding hydrogens is 392 g/mol. The number of ether oxygens (including phenoxy) is 1. The monoisotopic (exact) mass is 420 g/mol. The number of hydrogen-bond donors (Lipinski definition) is 1.